The molecule has 3 aromatic rings. The van der Waals surface area contributed by atoms with E-state index in [0.29, 0.717) is 0 Å². The maximum absolute atomic E-state index is 13.0. The number of rotatable bonds is 13. The number of aromatic amines is 1. The number of fused-ring (bicyclic) bond motifs is 1. The molecular weight excluding hydrogens is 477 g/mol. The summed E-state index contributed by atoms with van der Waals surface area (Å²) in [6.45, 7) is 1.56. The van der Waals surface area contributed by atoms with E-state index in [-0.39, 0.29) is 56.1 Å². The number of imidazole rings is 1. The largest absolute Gasteiger partial charge is 0.465 e. The first-order valence-electron chi connectivity index (χ1n) is 11.0. The minimum Gasteiger partial charge on any atom is -0.465 e. The lowest BCUT2D eigenvalue weighted by atomic mass is 10.1. The van der Waals surface area contributed by atoms with Crippen molar-refractivity contribution < 1.29 is 23.9 Å². The molecule has 0 radical (unpaired) electrons. The Hall–Kier alpha value is -3.09. The van der Waals surface area contributed by atoms with Crippen LogP contribution in [0.4, 0.5) is 5.95 Å². The number of aliphatic hydroxyl groups excluding tert-OH is 1. The molecule has 3 rings (SSSR count). The van der Waals surface area contributed by atoms with Gasteiger partial charge in [-0.15, -0.1) is 0 Å². The average molecular weight is 507 g/mol. The average Bonchev–Trinajstić information content (AvgIpc) is 3.21. The van der Waals surface area contributed by atoms with Crippen molar-refractivity contribution in [2.75, 3.05) is 31.7 Å². The van der Waals surface area contributed by atoms with Gasteiger partial charge in [-0.2, -0.15) is 4.98 Å². The summed E-state index contributed by atoms with van der Waals surface area (Å²) < 4.78 is 25.3. The summed E-state index contributed by atoms with van der Waals surface area (Å²) in [7, 11) is -3.50. The Morgan fingerprint density at radius 3 is 2.77 bits per heavy atom. The number of nitrogens with zero attached hydrogens (tertiary/aromatic N) is 3. The van der Waals surface area contributed by atoms with Gasteiger partial charge >= 0.3 is 5.97 Å². The zero-order valence-electron chi connectivity index (χ0n) is 19.3. The van der Waals surface area contributed by atoms with Crippen molar-refractivity contribution in [3.63, 3.8) is 0 Å². The third-order valence-electron chi connectivity index (χ3n) is 5.10. The molecule has 3 atom stereocenters. The molecular formula is C21H30N7O6P. The van der Waals surface area contributed by atoms with E-state index < -0.39 is 31.1 Å². The van der Waals surface area contributed by atoms with Crippen LogP contribution < -0.4 is 21.9 Å². The van der Waals surface area contributed by atoms with Gasteiger partial charge in [0.2, 0.25) is 13.4 Å². The van der Waals surface area contributed by atoms with Gasteiger partial charge in [0.25, 0.3) is 5.56 Å². The van der Waals surface area contributed by atoms with Gasteiger partial charge in [-0.05, 0) is 18.9 Å². The Balaban J connectivity index is 1.60. The molecule has 0 amide bonds. The fraction of sp³-hybridized carbons (Fsp3) is 0.429. The topological polar surface area (TPSA) is 200 Å². The number of carbonyl (C=O) groups is 1. The van der Waals surface area contributed by atoms with Crippen molar-refractivity contribution in [3.8, 4) is 0 Å². The first-order chi connectivity index (χ1) is 16.7. The monoisotopic (exact) mass is 507 g/mol. The van der Waals surface area contributed by atoms with Crippen molar-refractivity contribution in [3.05, 3.63) is 52.6 Å². The minimum absolute atomic E-state index is 0.0599. The number of anilines is 1. The number of ether oxygens (including phenoxy) is 2. The van der Waals surface area contributed by atoms with Crippen molar-refractivity contribution in [1.82, 2.24) is 24.6 Å². The zero-order valence-corrected chi connectivity index (χ0v) is 20.2. The number of benzene rings is 1. The quantitative estimate of drug-likeness (QED) is 0.154. The summed E-state index contributed by atoms with van der Waals surface area (Å²) in [5.41, 5.74) is 12.3. The van der Waals surface area contributed by atoms with Crippen LogP contribution in [-0.2, 0) is 31.8 Å². The van der Waals surface area contributed by atoms with Crippen molar-refractivity contribution in [2.24, 2.45) is 5.50 Å². The van der Waals surface area contributed by atoms with E-state index in [0.717, 1.165) is 5.56 Å². The van der Waals surface area contributed by atoms with Crippen LogP contribution in [0.25, 0.3) is 11.2 Å². The number of hydrogen-bond acceptors (Lipinski definition) is 9. The van der Waals surface area contributed by atoms with Gasteiger partial charge in [-0.1, -0.05) is 30.3 Å². The summed E-state index contributed by atoms with van der Waals surface area (Å²) >= 11 is 0. The standard InChI is InChI=1S/C21H30N7O6P/c1-2-33-20(31)16(10-14-6-4-3-5-7-14)27-35(23,32)9-8-34-15(12-29)11-28-13-24-17-18(28)25-21(22)26-19(17)30/h3-7,13,15-16,29H,2,8-12H2,1H3,(H3,23,27,32)(H3,22,25,26,30)/t15-,16-,35?/m0/s1. The number of aromatic nitrogens is 4. The van der Waals surface area contributed by atoms with E-state index in [9.17, 15) is 19.3 Å². The number of esters is 1. The molecule has 0 spiro atoms. The van der Waals surface area contributed by atoms with Crippen LogP contribution in [0.5, 0.6) is 0 Å². The van der Waals surface area contributed by atoms with E-state index in [4.69, 9.17) is 20.7 Å². The molecule has 0 aliphatic carbocycles. The summed E-state index contributed by atoms with van der Waals surface area (Å²) in [5.74, 6) is -0.613. The smallest absolute Gasteiger partial charge is 0.323 e. The molecule has 190 valence electrons. The van der Waals surface area contributed by atoms with Crippen molar-refractivity contribution in [2.45, 2.75) is 32.0 Å². The van der Waals surface area contributed by atoms with Crippen LogP contribution >= 0.6 is 7.44 Å². The van der Waals surface area contributed by atoms with E-state index >= 15 is 0 Å². The number of aliphatic hydroxyl groups is 1. The summed E-state index contributed by atoms with van der Waals surface area (Å²) in [4.78, 5) is 34.8. The number of nitrogens with two attached hydrogens (primary N) is 2. The first-order valence-corrected chi connectivity index (χ1v) is 13.0. The van der Waals surface area contributed by atoms with Gasteiger partial charge in [0.15, 0.2) is 11.2 Å². The Morgan fingerprint density at radius 1 is 1.34 bits per heavy atom. The second kappa shape index (κ2) is 12.0. The third kappa shape index (κ3) is 7.44. The molecule has 2 heterocycles. The predicted molar refractivity (Wildman–Crippen MR) is 130 cm³/mol. The number of H-pyrrole nitrogens is 1. The second-order valence-corrected chi connectivity index (χ2v) is 10.1. The highest BCUT2D eigenvalue weighted by atomic mass is 31.2. The van der Waals surface area contributed by atoms with Crippen LogP contribution in [0.15, 0.2) is 41.5 Å². The van der Waals surface area contributed by atoms with Crippen LogP contribution in [0, 0.1) is 0 Å². The summed E-state index contributed by atoms with van der Waals surface area (Å²) in [6.07, 6.45) is 0.828. The molecule has 0 saturated heterocycles. The van der Waals surface area contributed by atoms with Crippen LogP contribution in [0.2, 0.25) is 0 Å². The van der Waals surface area contributed by atoms with Gasteiger partial charge in [0.1, 0.15) is 6.04 Å². The summed E-state index contributed by atoms with van der Waals surface area (Å²) in [6, 6.07) is 8.33. The Kier molecular flexibility index (Phi) is 9.13. The predicted octanol–water partition coefficient (Wildman–Crippen LogP) is -0.00490. The second-order valence-electron chi connectivity index (χ2n) is 7.84. The fourth-order valence-electron chi connectivity index (χ4n) is 3.44. The van der Waals surface area contributed by atoms with E-state index in [1.807, 2.05) is 30.3 Å². The van der Waals surface area contributed by atoms with Crippen LogP contribution in [-0.4, -0.2) is 68.7 Å². The molecule has 0 aliphatic rings. The van der Waals surface area contributed by atoms with Gasteiger partial charge < -0.3 is 24.9 Å². The SMILES string of the molecule is CCOC(=O)[C@H](Cc1ccccc1)NP(N)(=O)CCO[C@H](CO)Cn1cnc2c(=O)[nH]c(N)nc21. The molecule has 35 heavy (non-hydrogen) atoms. The lowest BCUT2D eigenvalue weighted by Crippen LogP contribution is -2.40. The highest BCUT2D eigenvalue weighted by Gasteiger charge is 2.28. The normalized spacial score (nSPS) is 14.9. The maximum atomic E-state index is 13.0. The molecule has 13 nitrogen and oxygen atoms in total. The number of carbonyl (C=O) groups excluding carboxylic acids is 1. The highest BCUT2D eigenvalue weighted by molar-refractivity contribution is 7.59. The van der Waals surface area contributed by atoms with Gasteiger partial charge in [-0.25, -0.2) is 10.1 Å². The van der Waals surface area contributed by atoms with Gasteiger partial charge in [0.05, 0.1) is 45.0 Å². The first kappa shape index (κ1) is 26.5. The zero-order chi connectivity index (χ0) is 25.4. The Morgan fingerprint density at radius 2 is 2.09 bits per heavy atom. The molecule has 0 aliphatic heterocycles. The Bertz CT molecular complexity index is 1230. The van der Waals surface area contributed by atoms with Gasteiger partial charge in [0, 0.05) is 0 Å². The van der Waals surface area contributed by atoms with Crippen molar-refractivity contribution >= 4 is 30.5 Å². The maximum Gasteiger partial charge on any atom is 0.323 e. The lowest BCUT2D eigenvalue weighted by molar-refractivity contribution is -0.145. The van der Waals surface area contributed by atoms with E-state index in [1.165, 1.54) is 10.9 Å². The number of hydrogen-bond donors (Lipinski definition) is 5. The Labute approximate surface area is 201 Å². The summed E-state index contributed by atoms with van der Waals surface area (Å²) in [5, 5.41) is 12.5. The van der Waals surface area contributed by atoms with E-state index in [2.05, 4.69) is 20.0 Å². The minimum atomic E-state index is -3.50. The van der Waals surface area contributed by atoms with Crippen molar-refractivity contribution in [1.29, 1.82) is 0 Å². The third-order valence-corrected chi connectivity index (χ3v) is 6.70. The molecule has 0 saturated carbocycles. The molecule has 1 aromatic carbocycles. The number of nitrogens with one attached hydrogen (secondary N) is 2. The molecule has 14 heteroatoms. The number of nitrogen functional groups attached to an aromatic ring is 1. The lowest BCUT2D eigenvalue weighted by Gasteiger charge is -2.23. The molecule has 0 fully saturated rings. The molecule has 2 aromatic heterocycles. The van der Waals surface area contributed by atoms with E-state index in [1.54, 1.807) is 6.92 Å². The van der Waals surface area contributed by atoms with Crippen LogP contribution in [0.1, 0.15) is 12.5 Å². The van der Waals surface area contributed by atoms with Gasteiger partial charge in [-0.3, -0.25) is 24.6 Å². The molecule has 7 N–H and O–H groups in total. The highest BCUT2D eigenvalue weighted by Crippen LogP contribution is 2.32. The molecule has 0 bridgehead atoms. The van der Waals surface area contributed by atoms with Crippen LogP contribution in [0.3, 0.4) is 0 Å². The molecule has 1 unspecified atom stereocenters. The fourth-order valence-corrected chi connectivity index (χ4v) is 4.67.